The molecular weight excluding hydrogens is 290 g/mol. The molecule has 0 radical (unpaired) electrons. The third kappa shape index (κ3) is 5.26. The van der Waals surface area contributed by atoms with Crippen LogP contribution in [0.2, 0.25) is 0 Å². The summed E-state index contributed by atoms with van der Waals surface area (Å²) in [5, 5.41) is 0. The summed E-state index contributed by atoms with van der Waals surface area (Å²) >= 11 is 5.48. The van der Waals surface area contributed by atoms with Crippen LogP contribution < -0.4 is 14.2 Å². The van der Waals surface area contributed by atoms with E-state index in [-0.39, 0.29) is 12.3 Å². The number of nitrogens with one attached hydrogen (secondary N) is 1. The predicted octanol–water partition coefficient (Wildman–Crippen LogP) is 1.75. The van der Waals surface area contributed by atoms with Crippen molar-refractivity contribution in [1.29, 1.82) is 0 Å². The lowest BCUT2D eigenvalue weighted by atomic mass is 10.2. The van der Waals surface area contributed by atoms with Gasteiger partial charge < -0.3 is 9.47 Å². The maximum atomic E-state index is 11.7. The molecule has 0 atom stereocenters. The highest BCUT2D eigenvalue weighted by Crippen LogP contribution is 2.23. The first kappa shape index (κ1) is 16.1. The van der Waals surface area contributed by atoms with Crippen molar-refractivity contribution >= 4 is 21.6 Å². The fraction of sp³-hybridized carbons (Fsp3) is 0.500. The molecule has 0 unspecified atom stereocenters. The lowest BCUT2D eigenvalue weighted by Crippen LogP contribution is -2.26. The molecule has 0 aliphatic heterocycles. The number of methoxy groups -OCH3 is 2. The van der Waals surface area contributed by atoms with Gasteiger partial charge in [-0.15, -0.1) is 11.6 Å². The van der Waals surface area contributed by atoms with Gasteiger partial charge in [0.05, 0.1) is 20.0 Å². The molecule has 19 heavy (non-hydrogen) atoms. The number of ether oxygens (including phenoxy) is 2. The summed E-state index contributed by atoms with van der Waals surface area (Å²) in [4.78, 5) is 0. The molecule has 0 heterocycles. The first-order valence-electron chi connectivity index (χ1n) is 5.76. The van der Waals surface area contributed by atoms with Crippen molar-refractivity contribution in [2.75, 3.05) is 25.9 Å². The molecular formula is C12H18ClNO4S. The second-order valence-electron chi connectivity index (χ2n) is 3.86. The maximum Gasteiger partial charge on any atom is 0.211 e. The van der Waals surface area contributed by atoms with Gasteiger partial charge in [-0.25, -0.2) is 13.1 Å². The van der Waals surface area contributed by atoms with Crippen LogP contribution in [0.1, 0.15) is 12.0 Å². The Hall–Kier alpha value is -0.980. The van der Waals surface area contributed by atoms with E-state index in [1.807, 2.05) is 0 Å². The monoisotopic (exact) mass is 307 g/mol. The van der Waals surface area contributed by atoms with Crippen LogP contribution in [0.4, 0.5) is 0 Å². The van der Waals surface area contributed by atoms with Crippen LogP contribution in [0.25, 0.3) is 0 Å². The van der Waals surface area contributed by atoms with Crippen LogP contribution >= 0.6 is 11.6 Å². The van der Waals surface area contributed by atoms with E-state index < -0.39 is 10.0 Å². The minimum absolute atomic E-state index is 0.0167. The quantitative estimate of drug-likeness (QED) is 0.743. The van der Waals surface area contributed by atoms with E-state index >= 15 is 0 Å². The molecule has 0 saturated carbocycles. The zero-order valence-electron chi connectivity index (χ0n) is 11.0. The van der Waals surface area contributed by atoms with Gasteiger partial charge >= 0.3 is 0 Å². The molecule has 7 heteroatoms. The Balaban J connectivity index is 2.76. The topological polar surface area (TPSA) is 64.6 Å². The Morgan fingerprint density at radius 1 is 1.26 bits per heavy atom. The number of rotatable bonds is 8. The zero-order valence-corrected chi connectivity index (χ0v) is 12.6. The van der Waals surface area contributed by atoms with Gasteiger partial charge in [0.2, 0.25) is 10.0 Å². The van der Waals surface area contributed by atoms with E-state index in [4.69, 9.17) is 21.1 Å². The minimum atomic E-state index is -3.32. The number of sulfonamides is 1. The van der Waals surface area contributed by atoms with Crippen LogP contribution in [0.5, 0.6) is 11.5 Å². The lowest BCUT2D eigenvalue weighted by Gasteiger charge is -2.11. The average Bonchev–Trinajstić information content (AvgIpc) is 2.42. The summed E-state index contributed by atoms with van der Waals surface area (Å²) in [6, 6.07) is 5.23. The average molecular weight is 308 g/mol. The molecule has 5 nitrogen and oxygen atoms in total. The Bertz CT molecular complexity index is 504. The van der Waals surface area contributed by atoms with E-state index in [0.29, 0.717) is 23.8 Å². The van der Waals surface area contributed by atoms with Crippen molar-refractivity contribution in [3.8, 4) is 11.5 Å². The van der Waals surface area contributed by atoms with Crippen molar-refractivity contribution in [3.63, 3.8) is 0 Å². The molecule has 0 aliphatic carbocycles. The second kappa shape index (κ2) is 7.57. The van der Waals surface area contributed by atoms with Gasteiger partial charge in [-0.05, 0) is 24.6 Å². The van der Waals surface area contributed by atoms with Gasteiger partial charge in [-0.2, -0.15) is 0 Å². The smallest absolute Gasteiger partial charge is 0.211 e. The van der Waals surface area contributed by atoms with Crippen molar-refractivity contribution in [2.45, 2.75) is 13.0 Å². The van der Waals surface area contributed by atoms with E-state index in [0.717, 1.165) is 5.56 Å². The Morgan fingerprint density at radius 2 is 2.00 bits per heavy atom. The molecule has 0 bridgehead atoms. The Labute approximate surface area is 118 Å². The SMILES string of the molecule is COc1ccc(OC)c(CNS(=O)(=O)CCCCl)c1. The van der Waals surface area contributed by atoms with Gasteiger partial charge in [-0.1, -0.05) is 0 Å². The second-order valence-corrected chi connectivity index (χ2v) is 6.16. The van der Waals surface area contributed by atoms with Crippen LogP contribution in [-0.2, 0) is 16.6 Å². The van der Waals surface area contributed by atoms with Gasteiger partial charge in [0, 0.05) is 18.0 Å². The number of halogens is 1. The standard InChI is InChI=1S/C12H18ClNO4S/c1-17-11-4-5-12(18-2)10(8-11)9-14-19(15,16)7-3-6-13/h4-5,8,14H,3,6-7,9H2,1-2H3. The highest BCUT2D eigenvalue weighted by molar-refractivity contribution is 7.89. The minimum Gasteiger partial charge on any atom is -0.497 e. The van der Waals surface area contributed by atoms with E-state index in [1.165, 1.54) is 7.11 Å². The van der Waals surface area contributed by atoms with Crippen LogP contribution in [0.15, 0.2) is 18.2 Å². The summed E-state index contributed by atoms with van der Waals surface area (Å²) in [5.74, 6) is 1.60. The Kier molecular flexibility index (Phi) is 6.41. The number of hydrogen-bond donors (Lipinski definition) is 1. The molecule has 1 N–H and O–H groups in total. The zero-order chi connectivity index (χ0) is 14.3. The normalized spacial score (nSPS) is 11.3. The fourth-order valence-electron chi connectivity index (χ4n) is 1.52. The maximum absolute atomic E-state index is 11.7. The van der Waals surface area contributed by atoms with Crippen LogP contribution in [0, 0.1) is 0 Å². The molecule has 1 aromatic rings. The summed E-state index contributed by atoms with van der Waals surface area (Å²) in [6.45, 7) is 0.158. The van der Waals surface area contributed by atoms with Crippen LogP contribution in [-0.4, -0.2) is 34.3 Å². The molecule has 0 spiro atoms. The van der Waals surface area contributed by atoms with Crippen molar-refractivity contribution < 1.29 is 17.9 Å². The van der Waals surface area contributed by atoms with E-state index in [2.05, 4.69) is 4.72 Å². The molecule has 0 aliphatic rings. The molecule has 0 fully saturated rings. The molecule has 0 saturated heterocycles. The highest BCUT2D eigenvalue weighted by atomic mass is 35.5. The Morgan fingerprint density at radius 3 is 2.58 bits per heavy atom. The van der Waals surface area contributed by atoms with E-state index in [9.17, 15) is 8.42 Å². The summed E-state index contributed by atoms with van der Waals surface area (Å²) < 4.78 is 36.1. The van der Waals surface area contributed by atoms with Gasteiger partial charge in [0.25, 0.3) is 0 Å². The van der Waals surface area contributed by atoms with Gasteiger partial charge in [0.15, 0.2) is 0 Å². The molecule has 108 valence electrons. The van der Waals surface area contributed by atoms with Gasteiger partial charge in [0.1, 0.15) is 11.5 Å². The largest absolute Gasteiger partial charge is 0.497 e. The van der Waals surface area contributed by atoms with Crippen molar-refractivity contribution in [3.05, 3.63) is 23.8 Å². The third-order valence-corrected chi connectivity index (χ3v) is 4.19. The molecule has 1 rings (SSSR count). The molecule has 0 amide bonds. The highest BCUT2D eigenvalue weighted by Gasteiger charge is 2.12. The summed E-state index contributed by atoms with van der Waals surface area (Å²) in [6.07, 6.45) is 0.423. The summed E-state index contributed by atoms with van der Waals surface area (Å²) in [7, 11) is -0.230. The first-order valence-corrected chi connectivity index (χ1v) is 7.95. The number of alkyl halides is 1. The summed E-state index contributed by atoms with van der Waals surface area (Å²) in [5.41, 5.74) is 0.719. The first-order chi connectivity index (χ1) is 9.02. The van der Waals surface area contributed by atoms with Crippen molar-refractivity contribution in [1.82, 2.24) is 4.72 Å². The molecule has 1 aromatic carbocycles. The van der Waals surface area contributed by atoms with Gasteiger partial charge in [-0.3, -0.25) is 0 Å². The number of hydrogen-bond acceptors (Lipinski definition) is 4. The fourth-order valence-corrected chi connectivity index (χ4v) is 2.86. The third-order valence-electron chi connectivity index (χ3n) is 2.52. The molecule has 0 aromatic heterocycles. The van der Waals surface area contributed by atoms with E-state index in [1.54, 1.807) is 25.3 Å². The van der Waals surface area contributed by atoms with Crippen molar-refractivity contribution in [2.24, 2.45) is 0 Å². The number of benzene rings is 1. The lowest BCUT2D eigenvalue weighted by molar-refractivity contribution is 0.398. The predicted molar refractivity (Wildman–Crippen MR) is 75.5 cm³/mol. The van der Waals surface area contributed by atoms with Crippen LogP contribution in [0.3, 0.4) is 0 Å².